The van der Waals surface area contributed by atoms with Gasteiger partial charge in [-0.2, -0.15) is 0 Å². The van der Waals surface area contributed by atoms with Crippen molar-refractivity contribution in [3.05, 3.63) is 34.3 Å². The predicted molar refractivity (Wildman–Crippen MR) is 83.4 cm³/mol. The SMILES string of the molecule is Cn1c(=O)oc2c(C(=O)NC3CC(CS(N)(=O)=O)C3)cccc21. The van der Waals surface area contributed by atoms with Crippen molar-refractivity contribution in [2.75, 3.05) is 5.75 Å². The van der Waals surface area contributed by atoms with Gasteiger partial charge in [-0.1, -0.05) is 6.07 Å². The summed E-state index contributed by atoms with van der Waals surface area (Å²) in [5.41, 5.74) is 1.08. The number of hydrogen-bond acceptors (Lipinski definition) is 5. The lowest BCUT2D eigenvalue weighted by Crippen LogP contribution is -2.46. The highest BCUT2D eigenvalue weighted by molar-refractivity contribution is 7.89. The van der Waals surface area contributed by atoms with Crippen molar-refractivity contribution >= 4 is 27.0 Å². The van der Waals surface area contributed by atoms with Crippen molar-refractivity contribution in [2.24, 2.45) is 18.1 Å². The van der Waals surface area contributed by atoms with Crippen LogP contribution < -0.4 is 16.2 Å². The van der Waals surface area contributed by atoms with E-state index in [-0.39, 0.29) is 34.8 Å². The number of rotatable bonds is 4. The molecular weight excluding hydrogens is 322 g/mol. The summed E-state index contributed by atoms with van der Waals surface area (Å²) in [6.45, 7) is 0. The summed E-state index contributed by atoms with van der Waals surface area (Å²) in [5.74, 6) is -0.968. The zero-order chi connectivity index (χ0) is 16.8. The first-order valence-corrected chi connectivity index (χ1v) is 8.86. The van der Waals surface area contributed by atoms with Crippen LogP contribution in [0.25, 0.3) is 11.1 Å². The monoisotopic (exact) mass is 339 g/mol. The highest BCUT2D eigenvalue weighted by Gasteiger charge is 2.33. The van der Waals surface area contributed by atoms with E-state index >= 15 is 0 Å². The van der Waals surface area contributed by atoms with E-state index in [4.69, 9.17) is 9.56 Å². The number of aromatic nitrogens is 1. The Morgan fingerprint density at radius 2 is 2.13 bits per heavy atom. The van der Waals surface area contributed by atoms with E-state index in [1.165, 1.54) is 4.57 Å². The molecule has 9 heteroatoms. The Morgan fingerprint density at radius 3 is 2.78 bits per heavy atom. The van der Waals surface area contributed by atoms with Gasteiger partial charge in [0, 0.05) is 13.1 Å². The number of sulfonamides is 1. The zero-order valence-corrected chi connectivity index (χ0v) is 13.3. The summed E-state index contributed by atoms with van der Waals surface area (Å²) in [6, 6.07) is 4.86. The van der Waals surface area contributed by atoms with Gasteiger partial charge in [-0.15, -0.1) is 0 Å². The molecule has 0 unspecified atom stereocenters. The highest BCUT2D eigenvalue weighted by Crippen LogP contribution is 2.29. The molecule has 1 fully saturated rings. The van der Waals surface area contributed by atoms with Crippen LogP contribution in [0.1, 0.15) is 23.2 Å². The maximum absolute atomic E-state index is 12.3. The van der Waals surface area contributed by atoms with E-state index in [0.717, 1.165) is 0 Å². The van der Waals surface area contributed by atoms with E-state index in [2.05, 4.69) is 5.32 Å². The maximum Gasteiger partial charge on any atom is 0.419 e. The first-order valence-electron chi connectivity index (χ1n) is 7.14. The topological polar surface area (TPSA) is 124 Å². The molecule has 23 heavy (non-hydrogen) atoms. The lowest BCUT2D eigenvalue weighted by Gasteiger charge is -2.35. The van der Waals surface area contributed by atoms with Crippen LogP contribution in [0.4, 0.5) is 0 Å². The molecule has 0 saturated heterocycles. The second kappa shape index (κ2) is 5.50. The highest BCUT2D eigenvalue weighted by atomic mass is 32.2. The molecule has 3 rings (SSSR count). The molecule has 1 aliphatic rings. The summed E-state index contributed by atoms with van der Waals surface area (Å²) in [4.78, 5) is 23.9. The van der Waals surface area contributed by atoms with Crippen molar-refractivity contribution in [2.45, 2.75) is 18.9 Å². The number of fused-ring (bicyclic) bond motifs is 1. The smallest absolute Gasteiger partial charge is 0.407 e. The Morgan fingerprint density at radius 1 is 1.43 bits per heavy atom. The second-order valence-electron chi connectivity index (χ2n) is 5.92. The van der Waals surface area contributed by atoms with E-state index in [1.54, 1.807) is 25.2 Å². The van der Waals surface area contributed by atoms with Crippen molar-refractivity contribution in [3.8, 4) is 0 Å². The quantitative estimate of drug-likeness (QED) is 0.806. The fourth-order valence-corrected chi connectivity index (χ4v) is 3.84. The van der Waals surface area contributed by atoms with Crippen molar-refractivity contribution in [3.63, 3.8) is 0 Å². The maximum atomic E-state index is 12.3. The normalized spacial score (nSPS) is 21.1. The first kappa shape index (κ1) is 15.8. The average Bonchev–Trinajstić information content (AvgIpc) is 2.70. The third-order valence-corrected chi connectivity index (χ3v) is 5.04. The third kappa shape index (κ3) is 3.15. The molecule has 1 heterocycles. The van der Waals surface area contributed by atoms with Crippen molar-refractivity contribution in [1.29, 1.82) is 0 Å². The van der Waals surface area contributed by atoms with Crippen LogP contribution in [0.15, 0.2) is 27.4 Å². The third-order valence-electron chi connectivity index (χ3n) is 4.10. The minimum atomic E-state index is -3.48. The van der Waals surface area contributed by atoms with Crippen LogP contribution >= 0.6 is 0 Å². The second-order valence-corrected chi connectivity index (χ2v) is 7.58. The van der Waals surface area contributed by atoms with Crippen molar-refractivity contribution < 1.29 is 17.6 Å². The molecule has 1 aromatic heterocycles. The van der Waals surface area contributed by atoms with E-state index in [9.17, 15) is 18.0 Å². The molecule has 3 N–H and O–H groups in total. The summed E-state index contributed by atoms with van der Waals surface area (Å²) in [5, 5.41) is 7.83. The summed E-state index contributed by atoms with van der Waals surface area (Å²) in [6.07, 6.45) is 1.13. The van der Waals surface area contributed by atoms with Gasteiger partial charge in [0.25, 0.3) is 5.91 Å². The first-order chi connectivity index (χ1) is 10.7. The standard InChI is InChI=1S/C14H17N3O5S/c1-17-11-4-2-3-10(12(11)22-14(17)19)13(18)16-9-5-8(6-9)7-23(15,20)21/h2-4,8-9H,5-7H2,1H3,(H,16,18)(H2,15,20,21). The van der Waals surface area contributed by atoms with Crippen molar-refractivity contribution in [1.82, 2.24) is 9.88 Å². The van der Waals surface area contributed by atoms with Crippen LogP contribution in [0.2, 0.25) is 0 Å². The molecule has 2 aromatic rings. The molecule has 0 bridgehead atoms. The van der Waals surface area contributed by atoms with Gasteiger partial charge in [-0.05, 0) is 30.9 Å². The number of nitrogens with two attached hydrogens (primary N) is 1. The van der Waals surface area contributed by atoms with Crippen LogP contribution in [0.5, 0.6) is 0 Å². The van der Waals surface area contributed by atoms with Gasteiger partial charge in [0.2, 0.25) is 10.0 Å². The number of amides is 1. The molecule has 1 amide bonds. The van der Waals surface area contributed by atoms with Gasteiger partial charge in [0.15, 0.2) is 5.58 Å². The number of aryl methyl sites for hydroxylation is 1. The Kier molecular flexibility index (Phi) is 3.77. The zero-order valence-electron chi connectivity index (χ0n) is 12.5. The molecule has 8 nitrogen and oxygen atoms in total. The molecule has 0 atom stereocenters. The lowest BCUT2D eigenvalue weighted by molar-refractivity contribution is 0.0897. The fraction of sp³-hybridized carbons (Fsp3) is 0.429. The molecule has 1 aliphatic carbocycles. The summed E-state index contributed by atoms with van der Waals surface area (Å²) < 4.78 is 28.5. The molecule has 1 aromatic carbocycles. The fourth-order valence-electron chi connectivity index (χ4n) is 2.91. The Labute approximate surface area is 132 Å². The van der Waals surface area contributed by atoms with Gasteiger partial charge in [0.1, 0.15) is 0 Å². The van der Waals surface area contributed by atoms with Gasteiger partial charge >= 0.3 is 5.76 Å². The number of para-hydroxylation sites is 1. The van der Waals surface area contributed by atoms with E-state index < -0.39 is 15.8 Å². The van der Waals surface area contributed by atoms with Gasteiger partial charge in [-0.25, -0.2) is 18.4 Å². The van der Waals surface area contributed by atoms with E-state index in [1.807, 2.05) is 0 Å². The largest absolute Gasteiger partial charge is 0.419 e. The van der Waals surface area contributed by atoms with Crippen LogP contribution in [-0.2, 0) is 17.1 Å². The minimum absolute atomic E-state index is 0.0271. The number of carbonyl (C=O) groups is 1. The average molecular weight is 339 g/mol. The summed E-state index contributed by atoms with van der Waals surface area (Å²) >= 11 is 0. The molecule has 1 saturated carbocycles. The van der Waals surface area contributed by atoms with Gasteiger partial charge in [0.05, 0.1) is 16.8 Å². The number of hydrogen-bond donors (Lipinski definition) is 2. The number of carbonyl (C=O) groups excluding carboxylic acids is 1. The predicted octanol–water partition coefficient (Wildman–Crippen LogP) is -0.0716. The lowest BCUT2D eigenvalue weighted by atomic mass is 9.81. The minimum Gasteiger partial charge on any atom is -0.407 e. The number of benzene rings is 1. The Hall–Kier alpha value is -2.13. The molecular formula is C14H17N3O5S. The van der Waals surface area contributed by atoms with Gasteiger partial charge < -0.3 is 9.73 Å². The molecule has 0 spiro atoms. The summed E-state index contributed by atoms with van der Waals surface area (Å²) in [7, 11) is -1.92. The number of nitrogens with zero attached hydrogens (tertiary/aromatic N) is 1. The van der Waals surface area contributed by atoms with Crippen LogP contribution in [-0.4, -0.2) is 30.7 Å². The Balaban J connectivity index is 1.71. The number of nitrogens with one attached hydrogen (secondary N) is 1. The van der Waals surface area contributed by atoms with Gasteiger partial charge in [-0.3, -0.25) is 9.36 Å². The van der Waals surface area contributed by atoms with Crippen LogP contribution in [0, 0.1) is 5.92 Å². The van der Waals surface area contributed by atoms with E-state index in [0.29, 0.717) is 18.4 Å². The molecule has 124 valence electrons. The van der Waals surface area contributed by atoms with Crippen LogP contribution in [0.3, 0.4) is 0 Å². The Bertz CT molecular complexity index is 922. The molecule has 0 aliphatic heterocycles. The molecule has 0 radical (unpaired) electrons. The number of primary sulfonamides is 1. The number of oxazole rings is 1.